The number of methoxy groups -OCH3 is 1. The van der Waals surface area contributed by atoms with Crippen LogP contribution in [-0.4, -0.2) is 52.4 Å². The zero-order valence-electron chi connectivity index (χ0n) is 20.0. The normalized spacial score (nSPS) is 23.9. The van der Waals surface area contributed by atoms with Crippen molar-refractivity contribution in [3.05, 3.63) is 64.7 Å². The second-order valence-electron chi connectivity index (χ2n) is 10.4. The predicted molar refractivity (Wildman–Crippen MR) is 128 cm³/mol. The Labute approximate surface area is 195 Å². The van der Waals surface area contributed by atoms with Crippen molar-refractivity contribution in [3.8, 4) is 0 Å². The fourth-order valence-corrected chi connectivity index (χ4v) is 5.81. The SMILES string of the molecule is CO[C@@H]1CN(CC2Cc3ccc(F)cc3C2)CC[C@@H]1n1c(C(C)(C)O)nc2cc(C)ccc21. The third kappa shape index (κ3) is 4.32. The second kappa shape index (κ2) is 8.49. The molecular weight excluding hydrogens is 417 g/mol. The first-order chi connectivity index (χ1) is 15.7. The van der Waals surface area contributed by atoms with Crippen LogP contribution in [-0.2, 0) is 23.2 Å². The molecule has 176 valence electrons. The van der Waals surface area contributed by atoms with Crippen LogP contribution in [0, 0.1) is 18.7 Å². The van der Waals surface area contributed by atoms with Gasteiger partial charge in [-0.05, 0) is 86.9 Å². The lowest BCUT2D eigenvalue weighted by Gasteiger charge is -2.40. The molecule has 1 N–H and O–H groups in total. The predicted octanol–water partition coefficient (Wildman–Crippen LogP) is 4.39. The maximum Gasteiger partial charge on any atom is 0.141 e. The Bertz CT molecular complexity index is 1170. The number of hydrogen-bond donors (Lipinski definition) is 1. The first kappa shape index (κ1) is 22.5. The van der Waals surface area contributed by atoms with Gasteiger partial charge in [-0.25, -0.2) is 9.37 Å². The minimum absolute atomic E-state index is 0.000208. The number of piperidine rings is 1. The van der Waals surface area contributed by atoms with E-state index in [0.29, 0.717) is 11.7 Å². The van der Waals surface area contributed by atoms with E-state index in [9.17, 15) is 9.50 Å². The molecule has 1 aliphatic carbocycles. The van der Waals surface area contributed by atoms with Crippen molar-refractivity contribution in [3.63, 3.8) is 0 Å². The number of rotatable bonds is 5. The Hall–Kier alpha value is -2.28. The molecule has 2 aliphatic rings. The van der Waals surface area contributed by atoms with E-state index in [2.05, 4.69) is 34.6 Å². The molecule has 1 unspecified atom stereocenters. The maximum absolute atomic E-state index is 13.6. The van der Waals surface area contributed by atoms with E-state index < -0.39 is 5.60 Å². The van der Waals surface area contributed by atoms with Crippen LogP contribution in [0.5, 0.6) is 0 Å². The summed E-state index contributed by atoms with van der Waals surface area (Å²) < 4.78 is 21.9. The first-order valence-electron chi connectivity index (χ1n) is 12.0. The number of ether oxygens (including phenoxy) is 1. The number of aryl methyl sites for hydroxylation is 1. The van der Waals surface area contributed by atoms with E-state index >= 15 is 0 Å². The Kier molecular flexibility index (Phi) is 5.79. The number of imidazole rings is 1. The van der Waals surface area contributed by atoms with Crippen molar-refractivity contribution in [1.82, 2.24) is 14.5 Å². The van der Waals surface area contributed by atoms with E-state index in [1.807, 2.05) is 6.07 Å². The minimum atomic E-state index is -1.05. The second-order valence-corrected chi connectivity index (χ2v) is 10.4. The van der Waals surface area contributed by atoms with Gasteiger partial charge in [-0.2, -0.15) is 0 Å². The molecule has 0 amide bonds. The summed E-state index contributed by atoms with van der Waals surface area (Å²) in [6.07, 6.45) is 2.88. The van der Waals surface area contributed by atoms with Crippen LogP contribution in [0.1, 0.15) is 48.8 Å². The average molecular weight is 452 g/mol. The van der Waals surface area contributed by atoms with Crippen LogP contribution in [0.3, 0.4) is 0 Å². The molecule has 3 aromatic rings. The molecule has 3 atom stereocenters. The van der Waals surface area contributed by atoms with Gasteiger partial charge < -0.3 is 19.3 Å². The van der Waals surface area contributed by atoms with Crippen molar-refractivity contribution in [1.29, 1.82) is 0 Å². The molecule has 2 heterocycles. The lowest BCUT2D eigenvalue weighted by molar-refractivity contribution is -0.0152. The molecule has 0 spiro atoms. The van der Waals surface area contributed by atoms with Gasteiger partial charge in [0.15, 0.2) is 0 Å². The number of fused-ring (bicyclic) bond motifs is 2. The highest BCUT2D eigenvalue weighted by Crippen LogP contribution is 2.35. The molecule has 0 bridgehead atoms. The van der Waals surface area contributed by atoms with Gasteiger partial charge in [0, 0.05) is 26.7 Å². The highest BCUT2D eigenvalue weighted by molar-refractivity contribution is 5.77. The fourth-order valence-electron chi connectivity index (χ4n) is 5.81. The largest absolute Gasteiger partial charge is 0.383 e. The Balaban J connectivity index is 1.36. The van der Waals surface area contributed by atoms with Gasteiger partial charge in [0.2, 0.25) is 0 Å². The molecule has 33 heavy (non-hydrogen) atoms. The van der Waals surface area contributed by atoms with Gasteiger partial charge in [-0.3, -0.25) is 0 Å². The fraction of sp³-hybridized carbons (Fsp3) is 0.519. The quantitative estimate of drug-likeness (QED) is 0.625. The average Bonchev–Trinajstić information content (AvgIpc) is 3.33. The summed E-state index contributed by atoms with van der Waals surface area (Å²) in [5.41, 5.74) is 4.52. The van der Waals surface area contributed by atoms with E-state index in [0.717, 1.165) is 61.1 Å². The van der Waals surface area contributed by atoms with Crippen molar-refractivity contribution in [2.45, 2.75) is 57.8 Å². The number of halogens is 1. The first-order valence-corrected chi connectivity index (χ1v) is 12.0. The number of aromatic nitrogens is 2. The molecule has 6 heteroatoms. The van der Waals surface area contributed by atoms with Crippen molar-refractivity contribution in [2.24, 2.45) is 5.92 Å². The van der Waals surface area contributed by atoms with Gasteiger partial charge in [-0.15, -0.1) is 0 Å². The summed E-state index contributed by atoms with van der Waals surface area (Å²) in [4.78, 5) is 7.32. The summed E-state index contributed by atoms with van der Waals surface area (Å²) >= 11 is 0. The number of aliphatic hydroxyl groups is 1. The van der Waals surface area contributed by atoms with Crippen molar-refractivity contribution >= 4 is 11.0 Å². The van der Waals surface area contributed by atoms with Gasteiger partial charge in [0.05, 0.1) is 23.2 Å². The Morgan fingerprint density at radius 2 is 1.94 bits per heavy atom. The standard InChI is InChI=1S/C27H34FN3O2/c1-17-5-8-23-22(11-17)29-26(27(2,3)32)31(23)24-9-10-30(16-25(24)33-4)15-18-12-19-6-7-21(28)14-20(19)13-18/h5-8,11,14,18,24-25,32H,9-10,12-13,15-16H2,1-4H3/t18?,24-,25+/m0/s1. The van der Waals surface area contributed by atoms with Gasteiger partial charge in [0.25, 0.3) is 0 Å². The smallest absolute Gasteiger partial charge is 0.141 e. The molecule has 2 aromatic carbocycles. The maximum atomic E-state index is 13.6. The number of benzene rings is 2. The third-order valence-electron chi connectivity index (χ3n) is 7.34. The van der Waals surface area contributed by atoms with Crippen LogP contribution in [0.15, 0.2) is 36.4 Å². The summed E-state index contributed by atoms with van der Waals surface area (Å²) in [7, 11) is 1.78. The molecule has 1 aromatic heterocycles. The van der Waals surface area contributed by atoms with Crippen LogP contribution < -0.4 is 0 Å². The molecule has 5 rings (SSSR count). The molecule has 1 saturated heterocycles. The minimum Gasteiger partial charge on any atom is -0.383 e. The van der Waals surface area contributed by atoms with Crippen molar-refractivity contribution in [2.75, 3.05) is 26.7 Å². The zero-order valence-corrected chi connectivity index (χ0v) is 20.0. The molecule has 0 radical (unpaired) electrons. The van der Waals surface area contributed by atoms with E-state index in [4.69, 9.17) is 9.72 Å². The Morgan fingerprint density at radius 1 is 1.15 bits per heavy atom. The van der Waals surface area contributed by atoms with Gasteiger partial charge in [0.1, 0.15) is 17.2 Å². The summed E-state index contributed by atoms with van der Waals surface area (Å²) in [5.74, 6) is 1.07. The van der Waals surface area contributed by atoms with E-state index in [1.54, 1.807) is 33.1 Å². The summed E-state index contributed by atoms with van der Waals surface area (Å²) in [6.45, 7) is 8.45. The van der Waals surface area contributed by atoms with Crippen LogP contribution in [0.4, 0.5) is 4.39 Å². The molecule has 5 nitrogen and oxygen atoms in total. The highest BCUT2D eigenvalue weighted by Gasteiger charge is 2.37. The topological polar surface area (TPSA) is 50.5 Å². The Morgan fingerprint density at radius 3 is 2.70 bits per heavy atom. The molecular formula is C27H34FN3O2. The van der Waals surface area contributed by atoms with Crippen molar-refractivity contribution < 1.29 is 14.2 Å². The lowest BCUT2D eigenvalue weighted by Crippen LogP contribution is -2.47. The number of likely N-dealkylation sites (tertiary alicyclic amines) is 1. The number of hydrogen-bond acceptors (Lipinski definition) is 4. The molecule has 0 saturated carbocycles. The van der Waals surface area contributed by atoms with Gasteiger partial charge >= 0.3 is 0 Å². The van der Waals surface area contributed by atoms with Gasteiger partial charge in [-0.1, -0.05) is 12.1 Å². The summed E-state index contributed by atoms with van der Waals surface area (Å²) in [5, 5.41) is 10.9. The van der Waals surface area contributed by atoms with E-state index in [1.165, 1.54) is 5.56 Å². The zero-order chi connectivity index (χ0) is 23.3. The van der Waals surface area contributed by atoms with Crippen LogP contribution >= 0.6 is 0 Å². The number of nitrogens with zero attached hydrogens (tertiary/aromatic N) is 3. The molecule has 1 fully saturated rings. The summed E-state index contributed by atoms with van der Waals surface area (Å²) in [6, 6.07) is 11.6. The van der Waals surface area contributed by atoms with Crippen LogP contribution in [0.25, 0.3) is 11.0 Å². The lowest BCUT2D eigenvalue weighted by atomic mass is 9.97. The van der Waals surface area contributed by atoms with Crippen LogP contribution in [0.2, 0.25) is 0 Å². The third-order valence-corrected chi connectivity index (χ3v) is 7.34. The van der Waals surface area contributed by atoms with E-state index in [-0.39, 0.29) is 18.0 Å². The highest BCUT2D eigenvalue weighted by atomic mass is 19.1. The molecule has 1 aliphatic heterocycles. The monoisotopic (exact) mass is 451 g/mol.